The third kappa shape index (κ3) is 4.70. The number of halogens is 2. The third-order valence-electron chi connectivity index (χ3n) is 3.32. The lowest BCUT2D eigenvalue weighted by Crippen LogP contribution is -2.30. The zero-order chi connectivity index (χ0) is 14.8. The summed E-state index contributed by atoms with van der Waals surface area (Å²) < 4.78 is 39.0. The van der Waals surface area contributed by atoms with Gasteiger partial charge >= 0.3 is 0 Å². The van der Waals surface area contributed by atoms with Crippen molar-refractivity contribution in [2.24, 2.45) is 5.92 Å². The van der Waals surface area contributed by atoms with Crippen LogP contribution in [-0.2, 0) is 10.0 Å². The van der Waals surface area contributed by atoms with Crippen molar-refractivity contribution >= 4 is 21.6 Å². The second-order valence-electron chi connectivity index (χ2n) is 5.09. The molecule has 0 spiro atoms. The fraction of sp³-hybridized carbons (Fsp3) is 0.538. The van der Waals surface area contributed by atoms with Gasteiger partial charge in [-0.05, 0) is 30.0 Å². The summed E-state index contributed by atoms with van der Waals surface area (Å²) in [5, 5.41) is 9.82. The first-order valence-electron chi connectivity index (χ1n) is 6.48. The lowest BCUT2D eigenvalue weighted by molar-refractivity contribution is 0.181. The van der Waals surface area contributed by atoms with Crippen LogP contribution in [-0.4, -0.2) is 25.8 Å². The second-order valence-corrected chi connectivity index (χ2v) is 7.42. The van der Waals surface area contributed by atoms with Gasteiger partial charge in [0.1, 0.15) is 5.82 Å². The molecule has 0 saturated heterocycles. The molecule has 2 N–H and O–H groups in total. The molecule has 1 atom stereocenters. The Labute approximate surface area is 123 Å². The molecule has 1 unspecified atom stereocenters. The minimum absolute atomic E-state index is 0.0361. The molecule has 1 aliphatic carbocycles. The first-order valence-corrected chi connectivity index (χ1v) is 8.51. The van der Waals surface area contributed by atoms with E-state index in [2.05, 4.69) is 4.72 Å². The molecule has 0 heterocycles. The molecule has 7 heteroatoms. The van der Waals surface area contributed by atoms with Gasteiger partial charge < -0.3 is 5.11 Å². The molecule has 1 aromatic rings. The van der Waals surface area contributed by atoms with Crippen LogP contribution in [0.25, 0.3) is 0 Å². The Hall–Kier alpha value is -0.690. The van der Waals surface area contributed by atoms with Gasteiger partial charge in [0.25, 0.3) is 0 Å². The summed E-state index contributed by atoms with van der Waals surface area (Å²) in [6.07, 6.45) is 1.75. The fourth-order valence-electron chi connectivity index (χ4n) is 1.84. The molecule has 0 bridgehead atoms. The van der Waals surface area contributed by atoms with E-state index in [9.17, 15) is 17.9 Å². The second kappa shape index (κ2) is 6.39. The summed E-state index contributed by atoms with van der Waals surface area (Å²) in [5.74, 6) is -0.0408. The maximum Gasteiger partial charge on any atom is 0.211 e. The molecule has 0 amide bonds. The zero-order valence-electron chi connectivity index (χ0n) is 10.9. The fourth-order valence-corrected chi connectivity index (χ4v) is 3.16. The maximum atomic E-state index is 13.2. The van der Waals surface area contributed by atoms with Gasteiger partial charge in [-0.2, -0.15) is 0 Å². The SMILES string of the molecule is O=S(=O)(CCC1CC1)NCC(O)c1ccc(Cl)c(F)c1. The Morgan fingerprint density at radius 2 is 2.15 bits per heavy atom. The molecular weight excluding hydrogens is 305 g/mol. The van der Waals surface area contributed by atoms with Crippen LogP contribution in [0.3, 0.4) is 0 Å². The minimum Gasteiger partial charge on any atom is -0.387 e. The monoisotopic (exact) mass is 321 g/mol. The molecule has 0 aromatic heterocycles. The molecule has 1 fully saturated rings. The number of hydrogen-bond acceptors (Lipinski definition) is 3. The molecule has 0 aliphatic heterocycles. The van der Waals surface area contributed by atoms with Crippen molar-refractivity contribution in [3.8, 4) is 0 Å². The van der Waals surface area contributed by atoms with E-state index in [1.54, 1.807) is 0 Å². The van der Waals surface area contributed by atoms with E-state index in [0.717, 1.165) is 18.9 Å². The van der Waals surface area contributed by atoms with Gasteiger partial charge in [0.15, 0.2) is 0 Å². The van der Waals surface area contributed by atoms with E-state index >= 15 is 0 Å². The van der Waals surface area contributed by atoms with Crippen molar-refractivity contribution in [2.75, 3.05) is 12.3 Å². The summed E-state index contributed by atoms with van der Waals surface area (Å²) >= 11 is 5.54. The van der Waals surface area contributed by atoms with E-state index in [1.807, 2.05) is 0 Å². The summed E-state index contributed by atoms with van der Waals surface area (Å²) in [4.78, 5) is 0. The van der Waals surface area contributed by atoms with Crippen molar-refractivity contribution in [3.05, 3.63) is 34.6 Å². The van der Waals surface area contributed by atoms with Crippen molar-refractivity contribution in [1.82, 2.24) is 4.72 Å². The Kier molecular flexibility index (Phi) is 5.01. The van der Waals surface area contributed by atoms with Gasteiger partial charge in [0.2, 0.25) is 10.0 Å². The van der Waals surface area contributed by atoms with E-state index in [4.69, 9.17) is 11.6 Å². The quantitative estimate of drug-likeness (QED) is 0.809. The predicted octanol–water partition coefficient (Wildman–Crippen LogP) is 2.23. The molecule has 0 radical (unpaired) electrons. The zero-order valence-corrected chi connectivity index (χ0v) is 12.4. The number of nitrogens with one attached hydrogen (secondary N) is 1. The number of aliphatic hydroxyl groups is 1. The van der Waals surface area contributed by atoms with Crippen LogP contribution in [0, 0.1) is 11.7 Å². The lowest BCUT2D eigenvalue weighted by atomic mass is 10.1. The number of sulfonamides is 1. The van der Waals surface area contributed by atoms with E-state index in [1.165, 1.54) is 12.1 Å². The van der Waals surface area contributed by atoms with Crippen LogP contribution < -0.4 is 4.72 Å². The number of hydrogen-bond donors (Lipinski definition) is 2. The topological polar surface area (TPSA) is 66.4 Å². The Bertz CT molecular complexity index is 575. The third-order valence-corrected chi connectivity index (χ3v) is 5.00. The Morgan fingerprint density at radius 1 is 1.45 bits per heavy atom. The van der Waals surface area contributed by atoms with E-state index in [0.29, 0.717) is 12.3 Å². The average molecular weight is 322 g/mol. The van der Waals surface area contributed by atoms with Crippen molar-refractivity contribution in [2.45, 2.75) is 25.4 Å². The summed E-state index contributed by atoms with van der Waals surface area (Å²) in [5.41, 5.74) is 0.289. The molecule has 1 saturated carbocycles. The molecule has 112 valence electrons. The van der Waals surface area contributed by atoms with Crippen molar-refractivity contribution in [1.29, 1.82) is 0 Å². The first kappa shape index (κ1) is 15.7. The van der Waals surface area contributed by atoms with E-state index < -0.39 is 21.9 Å². The highest BCUT2D eigenvalue weighted by molar-refractivity contribution is 7.89. The van der Waals surface area contributed by atoms with Crippen molar-refractivity contribution < 1.29 is 17.9 Å². The Balaban J connectivity index is 1.86. The number of benzene rings is 1. The van der Waals surface area contributed by atoms with Crippen LogP contribution in [0.4, 0.5) is 4.39 Å². The van der Waals surface area contributed by atoms with Gasteiger partial charge in [-0.1, -0.05) is 30.5 Å². The van der Waals surface area contributed by atoms with Gasteiger partial charge in [-0.25, -0.2) is 17.5 Å². The highest BCUT2D eigenvalue weighted by Gasteiger charge is 2.24. The van der Waals surface area contributed by atoms with Crippen LogP contribution >= 0.6 is 11.6 Å². The summed E-state index contributed by atoms with van der Waals surface area (Å²) in [6, 6.07) is 3.90. The molecular formula is C13H17ClFNO3S. The largest absolute Gasteiger partial charge is 0.387 e. The summed E-state index contributed by atoms with van der Waals surface area (Å²) in [6.45, 7) is -0.173. The smallest absolute Gasteiger partial charge is 0.211 e. The Morgan fingerprint density at radius 3 is 2.75 bits per heavy atom. The minimum atomic E-state index is -3.39. The van der Waals surface area contributed by atoms with Crippen LogP contribution in [0.5, 0.6) is 0 Å². The van der Waals surface area contributed by atoms with Gasteiger partial charge in [0, 0.05) is 6.54 Å². The highest BCUT2D eigenvalue weighted by atomic mass is 35.5. The standard InChI is InChI=1S/C13H17ClFNO3S/c14-11-4-3-10(7-12(11)15)13(17)8-16-20(18,19)6-5-9-1-2-9/h3-4,7,9,13,16-17H,1-2,5-6,8H2. The molecule has 2 rings (SSSR count). The van der Waals surface area contributed by atoms with Crippen molar-refractivity contribution in [3.63, 3.8) is 0 Å². The molecule has 1 aliphatic rings. The summed E-state index contributed by atoms with van der Waals surface area (Å²) in [7, 11) is -3.39. The van der Waals surface area contributed by atoms with E-state index in [-0.39, 0.29) is 22.9 Å². The van der Waals surface area contributed by atoms with Gasteiger partial charge in [-0.15, -0.1) is 0 Å². The van der Waals surface area contributed by atoms with Gasteiger partial charge in [0.05, 0.1) is 16.9 Å². The number of rotatable bonds is 7. The van der Waals surface area contributed by atoms with Crippen LogP contribution in [0.2, 0.25) is 5.02 Å². The number of aliphatic hydroxyl groups excluding tert-OH is 1. The molecule has 1 aromatic carbocycles. The van der Waals surface area contributed by atoms with Gasteiger partial charge in [-0.3, -0.25) is 0 Å². The van der Waals surface area contributed by atoms with Crippen LogP contribution in [0.1, 0.15) is 30.9 Å². The van der Waals surface area contributed by atoms with Crippen LogP contribution in [0.15, 0.2) is 18.2 Å². The lowest BCUT2D eigenvalue weighted by Gasteiger charge is -2.13. The maximum absolute atomic E-state index is 13.2. The molecule has 20 heavy (non-hydrogen) atoms. The molecule has 4 nitrogen and oxygen atoms in total. The average Bonchev–Trinajstić information content (AvgIpc) is 3.21. The normalized spacial score (nSPS) is 17.1. The predicted molar refractivity (Wildman–Crippen MR) is 75.5 cm³/mol. The highest BCUT2D eigenvalue weighted by Crippen LogP contribution is 2.32. The first-order chi connectivity index (χ1) is 9.37.